The van der Waals surface area contributed by atoms with Gasteiger partial charge in [0.2, 0.25) is 5.91 Å². The number of anilines is 3. The molecule has 1 saturated heterocycles. The van der Waals surface area contributed by atoms with Crippen molar-refractivity contribution in [1.29, 1.82) is 0 Å². The summed E-state index contributed by atoms with van der Waals surface area (Å²) < 4.78 is 4.88. The zero-order valence-corrected chi connectivity index (χ0v) is 20.0. The molecule has 2 N–H and O–H groups in total. The molecule has 3 heterocycles. The number of hydrogen-bond donors (Lipinski definition) is 1. The van der Waals surface area contributed by atoms with Gasteiger partial charge in [-0.3, -0.25) is 4.79 Å². The first kappa shape index (κ1) is 22.8. The average Bonchev–Trinajstić information content (AvgIpc) is 2.99. The maximum atomic E-state index is 12.1. The van der Waals surface area contributed by atoms with Gasteiger partial charge in [0.25, 0.3) is 0 Å². The van der Waals surface area contributed by atoms with Gasteiger partial charge in [0.15, 0.2) is 0 Å². The number of thiophene rings is 1. The van der Waals surface area contributed by atoms with E-state index in [1.54, 1.807) is 25.2 Å². The van der Waals surface area contributed by atoms with Gasteiger partial charge in [-0.15, -0.1) is 11.3 Å². The molecule has 4 rings (SSSR count). The molecule has 0 bridgehead atoms. The first-order valence-corrected chi connectivity index (χ1v) is 11.7. The number of methoxy groups -OCH3 is 1. The van der Waals surface area contributed by atoms with E-state index >= 15 is 0 Å². The fourth-order valence-electron chi connectivity index (χ4n) is 4.11. The number of nitrogen functional groups attached to an aromatic ring is 1. The van der Waals surface area contributed by atoms with Gasteiger partial charge >= 0.3 is 5.97 Å². The summed E-state index contributed by atoms with van der Waals surface area (Å²) in [5, 5.41) is 0.825. The van der Waals surface area contributed by atoms with Crippen LogP contribution in [0.3, 0.4) is 0 Å². The van der Waals surface area contributed by atoms with Crippen LogP contribution in [0.4, 0.5) is 17.1 Å². The molecule has 1 aliphatic rings. The number of esters is 1. The Kier molecular flexibility index (Phi) is 6.69. The highest BCUT2D eigenvalue weighted by molar-refractivity contribution is 7.21. The molecular weight excluding hydrogens is 438 g/mol. The van der Waals surface area contributed by atoms with Crippen LogP contribution < -0.4 is 15.5 Å². The zero-order valence-electron chi connectivity index (χ0n) is 19.2. The van der Waals surface area contributed by atoms with Gasteiger partial charge in [-0.2, -0.15) is 0 Å². The monoisotopic (exact) mass is 467 g/mol. The van der Waals surface area contributed by atoms with E-state index < -0.39 is 5.97 Å². The summed E-state index contributed by atoms with van der Waals surface area (Å²) in [7, 11) is 4.91. The highest BCUT2D eigenvalue weighted by atomic mass is 32.1. The third-order valence-electron chi connectivity index (χ3n) is 5.97. The average molecular weight is 468 g/mol. The molecule has 2 aromatic heterocycles. The van der Waals surface area contributed by atoms with E-state index in [-0.39, 0.29) is 5.91 Å². The maximum absolute atomic E-state index is 12.1. The second-order valence-corrected chi connectivity index (χ2v) is 9.30. The Labute approximate surface area is 197 Å². The Morgan fingerprint density at radius 2 is 1.79 bits per heavy atom. The van der Waals surface area contributed by atoms with Crippen LogP contribution in [0.2, 0.25) is 0 Å². The Hall–Kier alpha value is -3.33. The summed E-state index contributed by atoms with van der Waals surface area (Å²) in [5.74, 6) is -0.334. The third-order valence-corrected chi connectivity index (χ3v) is 7.06. The summed E-state index contributed by atoms with van der Waals surface area (Å²) in [4.78, 5) is 35.9. The molecule has 0 saturated carbocycles. The van der Waals surface area contributed by atoms with Gasteiger partial charge in [-0.25, -0.2) is 9.78 Å². The SMILES string of the molecule is COC(=O)c1sc2nccc(N3CCCN(c4ccc(CC(=O)N(C)C)cc4)CC3)c2c1N. The number of rotatable bonds is 5. The first-order valence-electron chi connectivity index (χ1n) is 10.9. The van der Waals surface area contributed by atoms with Crippen LogP contribution in [-0.4, -0.2) is 69.1 Å². The number of likely N-dealkylation sites (N-methyl/N-ethyl adjacent to an activating group) is 1. The third kappa shape index (κ3) is 4.73. The topological polar surface area (TPSA) is 92.0 Å². The lowest BCUT2D eigenvalue weighted by Gasteiger charge is -2.25. The molecule has 0 radical (unpaired) electrons. The summed E-state index contributed by atoms with van der Waals surface area (Å²) >= 11 is 1.27. The number of hydrogen-bond acceptors (Lipinski definition) is 8. The molecule has 1 fully saturated rings. The van der Waals surface area contributed by atoms with Crippen LogP contribution in [-0.2, 0) is 16.0 Å². The normalized spacial score (nSPS) is 14.3. The molecule has 9 heteroatoms. The number of fused-ring (bicyclic) bond motifs is 1. The van der Waals surface area contributed by atoms with Gasteiger partial charge < -0.3 is 25.2 Å². The molecule has 0 unspecified atom stereocenters. The summed E-state index contributed by atoms with van der Waals surface area (Å²) in [6.45, 7) is 3.50. The predicted octanol–water partition coefficient (Wildman–Crippen LogP) is 3.01. The number of ether oxygens (including phenoxy) is 1. The Morgan fingerprint density at radius 3 is 2.48 bits per heavy atom. The van der Waals surface area contributed by atoms with Crippen LogP contribution in [0.15, 0.2) is 36.5 Å². The summed E-state index contributed by atoms with van der Waals surface area (Å²) in [6.07, 6.45) is 3.17. The molecule has 1 amide bonds. The van der Waals surface area contributed by atoms with Crippen molar-refractivity contribution in [3.8, 4) is 0 Å². The van der Waals surface area contributed by atoms with E-state index in [0.717, 1.165) is 59.8 Å². The van der Waals surface area contributed by atoms with Crippen molar-refractivity contribution in [2.45, 2.75) is 12.8 Å². The van der Waals surface area contributed by atoms with Gasteiger partial charge in [-0.05, 0) is 30.2 Å². The lowest BCUT2D eigenvalue weighted by Crippen LogP contribution is -2.30. The molecule has 174 valence electrons. The van der Waals surface area contributed by atoms with Crippen molar-refractivity contribution in [1.82, 2.24) is 9.88 Å². The standard InChI is InChI=1S/C24H29N5O3S/c1-27(2)19(30)15-16-5-7-17(8-6-16)28-11-4-12-29(14-13-28)18-9-10-26-23-20(18)21(25)22(33-23)24(31)32-3/h5-10H,4,11-15,25H2,1-3H3. The molecule has 1 aromatic carbocycles. The van der Waals surface area contributed by atoms with Gasteiger partial charge in [0.1, 0.15) is 9.71 Å². The van der Waals surface area contributed by atoms with Gasteiger partial charge in [0.05, 0.1) is 30.3 Å². The van der Waals surface area contributed by atoms with Crippen LogP contribution >= 0.6 is 11.3 Å². The number of amides is 1. The van der Waals surface area contributed by atoms with Crippen LogP contribution in [0, 0.1) is 0 Å². The molecule has 3 aromatic rings. The number of pyridine rings is 1. The van der Waals surface area contributed by atoms with Crippen LogP contribution in [0.1, 0.15) is 21.7 Å². The van der Waals surface area contributed by atoms with E-state index in [0.29, 0.717) is 17.0 Å². The van der Waals surface area contributed by atoms with Gasteiger partial charge in [-0.1, -0.05) is 12.1 Å². The number of benzene rings is 1. The van der Waals surface area contributed by atoms with Crippen molar-refractivity contribution in [2.24, 2.45) is 0 Å². The number of carbonyl (C=O) groups is 2. The minimum atomic E-state index is -0.431. The minimum absolute atomic E-state index is 0.0971. The number of carbonyl (C=O) groups excluding carboxylic acids is 2. The molecule has 8 nitrogen and oxygen atoms in total. The number of nitrogens with two attached hydrogens (primary N) is 1. The van der Waals surface area contributed by atoms with Gasteiger partial charge in [0, 0.05) is 52.2 Å². The van der Waals surface area contributed by atoms with E-state index in [1.165, 1.54) is 18.4 Å². The summed E-state index contributed by atoms with van der Waals surface area (Å²) in [6, 6.07) is 10.2. The second kappa shape index (κ2) is 9.66. The molecule has 33 heavy (non-hydrogen) atoms. The quantitative estimate of drug-likeness (QED) is 0.577. The highest BCUT2D eigenvalue weighted by Crippen LogP contribution is 2.39. The minimum Gasteiger partial charge on any atom is -0.465 e. The second-order valence-electron chi connectivity index (χ2n) is 8.31. The lowest BCUT2D eigenvalue weighted by atomic mass is 10.1. The Bertz CT molecular complexity index is 1160. The van der Waals surface area contributed by atoms with Crippen molar-refractivity contribution < 1.29 is 14.3 Å². The van der Waals surface area contributed by atoms with E-state index in [1.807, 2.05) is 18.2 Å². The molecule has 0 aliphatic carbocycles. The Balaban J connectivity index is 1.51. The lowest BCUT2D eigenvalue weighted by molar-refractivity contribution is -0.127. The van der Waals surface area contributed by atoms with E-state index in [4.69, 9.17) is 10.5 Å². The van der Waals surface area contributed by atoms with E-state index in [2.05, 4.69) is 26.9 Å². The number of aromatic nitrogens is 1. The molecule has 1 aliphatic heterocycles. The predicted molar refractivity (Wildman–Crippen MR) is 133 cm³/mol. The largest absolute Gasteiger partial charge is 0.465 e. The zero-order chi connectivity index (χ0) is 23.5. The molecule has 0 spiro atoms. The van der Waals surface area contributed by atoms with Crippen molar-refractivity contribution >= 4 is 50.5 Å². The van der Waals surface area contributed by atoms with Crippen LogP contribution in [0.5, 0.6) is 0 Å². The smallest absolute Gasteiger partial charge is 0.350 e. The van der Waals surface area contributed by atoms with Crippen molar-refractivity contribution in [3.63, 3.8) is 0 Å². The van der Waals surface area contributed by atoms with Crippen molar-refractivity contribution in [2.75, 3.05) is 62.9 Å². The van der Waals surface area contributed by atoms with Crippen LogP contribution in [0.25, 0.3) is 10.2 Å². The Morgan fingerprint density at radius 1 is 1.09 bits per heavy atom. The fraction of sp³-hybridized carbons (Fsp3) is 0.375. The maximum Gasteiger partial charge on any atom is 0.350 e. The fourth-order valence-corrected chi connectivity index (χ4v) is 5.11. The molecule has 0 atom stereocenters. The highest BCUT2D eigenvalue weighted by Gasteiger charge is 2.23. The van der Waals surface area contributed by atoms with E-state index in [9.17, 15) is 9.59 Å². The first-order chi connectivity index (χ1) is 15.9. The number of nitrogens with zero attached hydrogens (tertiary/aromatic N) is 4. The van der Waals surface area contributed by atoms with Crippen molar-refractivity contribution in [3.05, 3.63) is 47.0 Å². The molecular formula is C24H29N5O3S. The summed E-state index contributed by atoms with van der Waals surface area (Å²) in [5.41, 5.74) is 9.96.